The normalized spacial score (nSPS) is 16.7. The third-order valence-corrected chi connectivity index (χ3v) is 10.2. The number of aryl methyl sites for hydroxylation is 1. The van der Waals surface area contributed by atoms with Crippen LogP contribution in [0.5, 0.6) is 0 Å². The van der Waals surface area contributed by atoms with Crippen LogP contribution in [0.4, 0.5) is 5.69 Å². The van der Waals surface area contributed by atoms with Gasteiger partial charge in [-0.2, -0.15) is 0 Å². The summed E-state index contributed by atoms with van der Waals surface area (Å²) in [6.45, 7) is 4.74. The van der Waals surface area contributed by atoms with Crippen molar-refractivity contribution in [3.05, 3.63) is 143 Å². The zero-order valence-corrected chi connectivity index (χ0v) is 25.6. The Labute approximate surface area is 263 Å². The molecule has 0 radical (unpaired) electrons. The topological polar surface area (TPSA) is 38.1 Å². The van der Waals surface area contributed by atoms with Gasteiger partial charge >= 0.3 is 0 Å². The zero-order chi connectivity index (χ0) is 30.1. The summed E-state index contributed by atoms with van der Waals surface area (Å²) in [5, 5.41) is 3.59. The highest BCUT2D eigenvalue weighted by Crippen LogP contribution is 2.51. The van der Waals surface area contributed by atoms with Crippen molar-refractivity contribution in [1.82, 2.24) is 9.97 Å². The molecule has 0 saturated heterocycles. The number of allylic oxidation sites excluding steroid dienone is 4. The van der Waals surface area contributed by atoms with Crippen LogP contribution in [0.3, 0.4) is 0 Å². The molecule has 3 nitrogen and oxygen atoms in total. The number of aliphatic imine (C=N–C) groups is 1. The largest absolute Gasteiger partial charge is 0.263 e. The van der Waals surface area contributed by atoms with Gasteiger partial charge in [-0.05, 0) is 93.6 Å². The summed E-state index contributed by atoms with van der Waals surface area (Å²) in [7, 11) is 0. The number of fused-ring (bicyclic) bond motifs is 6. The average molecular weight is 580 g/mol. The van der Waals surface area contributed by atoms with E-state index in [2.05, 4.69) is 122 Å². The summed E-state index contributed by atoms with van der Waals surface area (Å²) in [6, 6.07) is 35.0. The molecule has 45 heavy (non-hydrogen) atoms. The number of aromatic nitrogens is 2. The van der Waals surface area contributed by atoms with E-state index >= 15 is 0 Å². The van der Waals surface area contributed by atoms with Crippen LogP contribution in [0.15, 0.2) is 132 Å². The molecular weight excluding hydrogens is 546 g/mol. The van der Waals surface area contributed by atoms with Gasteiger partial charge in [0.2, 0.25) is 0 Å². The smallest absolute Gasteiger partial charge is 0.0968 e. The summed E-state index contributed by atoms with van der Waals surface area (Å²) in [4.78, 5) is 15.3. The lowest BCUT2D eigenvalue weighted by molar-refractivity contribution is 0.650. The molecule has 0 N–H and O–H groups in total. The second kappa shape index (κ2) is 9.93. The molecule has 0 fully saturated rings. The van der Waals surface area contributed by atoms with E-state index in [1.54, 1.807) is 0 Å². The molecule has 4 aromatic carbocycles. The van der Waals surface area contributed by atoms with Gasteiger partial charge < -0.3 is 0 Å². The van der Waals surface area contributed by atoms with Gasteiger partial charge in [0.25, 0.3) is 0 Å². The highest BCUT2D eigenvalue weighted by atomic mass is 14.8. The summed E-state index contributed by atoms with van der Waals surface area (Å²) < 4.78 is 0. The fourth-order valence-corrected chi connectivity index (χ4v) is 7.71. The SMILES string of the molecule is CC1(C)C2=C(CCC(C3=Nc4c(ccc5ccc(-c6cncc(-c7ccc8ccccc8c7)c6)nc45)CC3)=C2)c2ccccc21. The molecule has 3 heteroatoms. The van der Waals surface area contributed by atoms with Crippen molar-refractivity contribution < 1.29 is 0 Å². The van der Waals surface area contributed by atoms with Crippen LogP contribution in [-0.4, -0.2) is 15.7 Å². The van der Waals surface area contributed by atoms with Gasteiger partial charge in [-0.15, -0.1) is 0 Å². The maximum atomic E-state index is 5.38. The summed E-state index contributed by atoms with van der Waals surface area (Å²) in [5.74, 6) is 0. The van der Waals surface area contributed by atoms with Crippen LogP contribution in [0.1, 0.15) is 49.8 Å². The van der Waals surface area contributed by atoms with Gasteiger partial charge in [0, 0.05) is 40.0 Å². The average Bonchev–Trinajstić information content (AvgIpc) is 3.33. The Bertz CT molecular complexity index is 2300. The van der Waals surface area contributed by atoms with E-state index in [0.717, 1.165) is 64.7 Å². The third-order valence-electron chi connectivity index (χ3n) is 10.2. The van der Waals surface area contributed by atoms with E-state index in [1.165, 1.54) is 49.9 Å². The third kappa shape index (κ3) is 4.22. The molecule has 0 bridgehead atoms. The highest BCUT2D eigenvalue weighted by Gasteiger charge is 2.38. The summed E-state index contributed by atoms with van der Waals surface area (Å²) in [5.41, 5.74) is 16.0. The Balaban J connectivity index is 1.10. The van der Waals surface area contributed by atoms with E-state index in [0.29, 0.717) is 0 Å². The van der Waals surface area contributed by atoms with E-state index in [9.17, 15) is 0 Å². The lowest BCUT2D eigenvalue weighted by Crippen LogP contribution is -2.19. The number of rotatable bonds is 3. The molecule has 0 saturated carbocycles. The van der Waals surface area contributed by atoms with Crippen LogP contribution < -0.4 is 0 Å². The lowest BCUT2D eigenvalue weighted by atomic mass is 9.78. The van der Waals surface area contributed by atoms with Gasteiger partial charge in [-0.1, -0.05) is 98.8 Å². The van der Waals surface area contributed by atoms with Crippen molar-refractivity contribution in [3.8, 4) is 22.4 Å². The van der Waals surface area contributed by atoms with E-state index in [-0.39, 0.29) is 5.41 Å². The van der Waals surface area contributed by atoms with Crippen molar-refractivity contribution in [2.45, 2.75) is 44.9 Å². The Kier molecular flexibility index (Phi) is 5.80. The number of hydrogen-bond acceptors (Lipinski definition) is 3. The Morgan fingerprint density at radius 2 is 1.44 bits per heavy atom. The fraction of sp³-hybridized carbons (Fsp3) is 0.167. The molecule has 6 aromatic rings. The van der Waals surface area contributed by atoms with Crippen LogP contribution in [0, 0.1) is 0 Å². The first-order valence-corrected chi connectivity index (χ1v) is 16.0. The van der Waals surface area contributed by atoms with Crippen LogP contribution in [-0.2, 0) is 11.8 Å². The number of benzene rings is 4. The van der Waals surface area contributed by atoms with Crippen molar-refractivity contribution in [3.63, 3.8) is 0 Å². The zero-order valence-electron chi connectivity index (χ0n) is 25.6. The van der Waals surface area contributed by atoms with Crippen molar-refractivity contribution >= 4 is 38.6 Å². The monoisotopic (exact) mass is 579 g/mol. The maximum Gasteiger partial charge on any atom is 0.0968 e. The minimum Gasteiger partial charge on any atom is -0.263 e. The van der Waals surface area contributed by atoms with E-state index < -0.39 is 0 Å². The minimum absolute atomic E-state index is 0.0172. The minimum atomic E-state index is 0.0172. The number of pyridine rings is 2. The highest BCUT2D eigenvalue weighted by molar-refractivity contribution is 6.07. The summed E-state index contributed by atoms with van der Waals surface area (Å²) >= 11 is 0. The van der Waals surface area contributed by atoms with Crippen molar-refractivity contribution in [2.75, 3.05) is 0 Å². The maximum absolute atomic E-state index is 5.38. The van der Waals surface area contributed by atoms with Crippen LogP contribution in [0.2, 0.25) is 0 Å². The quantitative estimate of drug-likeness (QED) is 0.209. The van der Waals surface area contributed by atoms with Gasteiger partial charge in [-0.25, -0.2) is 4.98 Å². The summed E-state index contributed by atoms with van der Waals surface area (Å²) in [6.07, 6.45) is 10.4. The molecular formula is C42H33N3. The number of nitrogens with zero attached hydrogens (tertiary/aromatic N) is 3. The first-order valence-electron chi connectivity index (χ1n) is 16.0. The van der Waals surface area contributed by atoms with Crippen molar-refractivity contribution in [1.29, 1.82) is 0 Å². The standard InChI is InChI=1S/C42H33N3/c1-42(2)36-10-6-5-9-34(36)35-18-15-31(23-37(35)42)38-19-16-27-12-13-28-17-20-39(45-41(28)40(27)44-38)33-22-32(24-43-25-33)30-14-11-26-7-3-4-8-29(26)21-30/h3-14,17,20-25H,15-16,18-19H2,1-2H3. The molecule has 9 rings (SSSR count). The number of hydrogen-bond donors (Lipinski definition) is 0. The van der Waals surface area contributed by atoms with E-state index in [1.807, 2.05) is 12.4 Å². The van der Waals surface area contributed by atoms with Crippen LogP contribution in [0.25, 0.3) is 49.6 Å². The molecule has 0 amide bonds. The first-order chi connectivity index (χ1) is 22.0. The molecule has 2 aliphatic carbocycles. The predicted octanol–water partition coefficient (Wildman–Crippen LogP) is 10.6. The van der Waals surface area contributed by atoms with Gasteiger partial charge in [0.05, 0.1) is 16.9 Å². The Hall–Kier alpha value is -5.15. The van der Waals surface area contributed by atoms with E-state index in [4.69, 9.17) is 9.98 Å². The molecule has 0 unspecified atom stereocenters. The molecule has 2 aromatic heterocycles. The second-order valence-corrected chi connectivity index (χ2v) is 13.2. The molecule has 0 atom stereocenters. The molecule has 3 aliphatic rings. The van der Waals surface area contributed by atoms with Gasteiger partial charge in [0.1, 0.15) is 0 Å². The Morgan fingerprint density at radius 3 is 2.38 bits per heavy atom. The first kappa shape index (κ1) is 26.3. The second-order valence-electron chi connectivity index (χ2n) is 13.2. The molecule has 0 spiro atoms. The molecule has 216 valence electrons. The predicted molar refractivity (Wildman–Crippen MR) is 187 cm³/mol. The Morgan fingerprint density at radius 1 is 0.644 bits per heavy atom. The molecule has 3 heterocycles. The molecule has 1 aliphatic heterocycles. The fourth-order valence-electron chi connectivity index (χ4n) is 7.71. The van der Waals surface area contributed by atoms with Crippen molar-refractivity contribution in [2.24, 2.45) is 4.99 Å². The lowest BCUT2D eigenvalue weighted by Gasteiger charge is -2.27. The van der Waals surface area contributed by atoms with Gasteiger partial charge in [-0.3, -0.25) is 9.98 Å². The van der Waals surface area contributed by atoms with Crippen LogP contribution >= 0.6 is 0 Å². The van der Waals surface area contributed by atoms with Gasteiger partial charge in [0.15, 0.2) is 0 Å².